The van der Waals surface area contributed by atoms with Crippen molar-refractivity contribution >= 4 is 41.0 Å². The fraction of sp³-hybridized carbons (Fsp3) is 0.545. The Morgan fingerprint density at radius 3 is 2.16 bits per heavy atom. The molecule has 9 nitrogen and oxygen atoms in total. The molecular formula is C22H32ClN3O6. The van der Waals surface area contributed by atoms with E-state index in [1.54, 1.807) is 26.2 Å². The highest BCUT2D eigenvalue weighted by atomic mass is 35.5. The van der Waals surface area contributed by atoms with Crippen LogP contribution in [0, 0.1) is 0 Å². The van der Waals surface area contributed by atoms with Gasteiger partial charge in [0, 0.05) is 31.5 Å². The van der Waals surface area contributed by atoms with Gasteiger partial charge < -0.3 is 25.4 Å². The molecule has 0 saturated carbocycles. The second-order valence-electron chi connectivity index (χ2n) is 7.40. The van der Waals surface area contributed by atoms with Gasteiger partial charge >= 0.3 is 5.97 Å². The largest absolute Gasteiger partial charge is 0.469 e. The maximum Gasteiger partial charge on any atom is 0.305 e. The van der Waals surface area contributed by atoms with E-state index in [2.05, 4.69) is 20.7 Å². The summed E-state index contributed by atoms with van der Waals surface area (Å²) < 4.78 is 9.66. The lowest BCUT2D eigenvalue weighted by Crippen LogP contribution is -2.50. The third-order valence-electron chi connectivity index (χ3n) is 4.57. The zero-order valence-electron chi connectivity index (χ0n) is 19.0. The monoisotopic (exact) mass is 469 g/mol. The van der Waals surface area contributed by atoms with Crippen molar-refractivity contribution in [3.8, 4) is 0 Å². The van der Waals surface area contributed by atoms with Crippen molar-refractivity contribution < 1.29 is 28.7 Å². The van der Waals surface area contributed by atoms with Crippen LogP contribution >= 0.6 is 11.6 Å². The molecule has 0 fully saturated rings. The van der Waals surface area contributed by atoms with Crippen molar-refractivity contribution in [1.29, 1.82) is 0 Å². The summed E-state index contributed by atoms with van der Waals surface area (Å²) in [6.45, 7) is 3.46. The molecule has 0 heterocycles. The minimum Gasteiger partial charge on any atom is -0.469 e. The Labute approximate surface area is 193 Å². The molecule has 1 aromatic rings. The molecule has 0 aromatic heterocycles. The molecular weight excluding hydrogens is 438 g/mol. The summed E-state index contributed by atoms with van der Waals surface area (Å²) in [5.74, 6) is -1.24. The maximum absolute atomic E-state index is 12.5. The summed E-state index contributed by atoms with van der Waals surface area (Å²) in [7, 11) is 2.89. The Morgan fingerprint density at radius 2 is 1.53 bits per heavy atom. The molecule has 0 unspecified atom stereocenters. The van der Waals surface area contributed by atoms with Gasteiger partial charge in [-0.25, -0.2) is 0 Å². The van der Waals surface area contributed by atoms with E-state index in [0.29, 0.717) is 25.1 Å². The van der Waals surface area contributed by atoms with Crippen molar-refractivity contribution in [2.24, 2.45) is 0 Å². The van der Waals surface area contributed by atoms with Crippen LogP contribution in [0.15, 0.2) is 18.2 Å². The number of hydrogen-bond donors (Lipinski definition) is 3. The molecule has 1 rings (SSSR count). The van der Waals surface area contributed by atoms with Crippen LogP contribution in [0.2, 0.25) is 0 Å². The van der Waals surface area contributed by atoms with Gasteiger partial charge in [-0.2, -0.15) is 0 Å². The van der Waals surface area contributed by atoms with Crippen molar-refractivity contribution in [2.45, 2.75) is 64.1 Å². The van der Waals surface area contributed by atoms with Crippen LogP contribution in [0.4, 0.5) is 5.69 Å². The smallest absolute Gasteiger partial charge is 0.305 e. The van der Waals surface area contributed by atoms with E-state index in [4.69, 9.17) is 16.3 Å². The fourth-order valence-electron chi connectivity index (χ4n) is 2.85. The second-order valence-corrected chi connectivity index (χ2v) is 7.66. The third-order valence-corrected chi connectivity index (χ3v) is 4.88. The predicted molar refractivity (Wildman–Crippen MR) is 121 cm³/mol. The number of esters is 1. The van der Waals surface area contributed by atoms with Gasteiger partial charge in [-0.1, -0.05) is 6.07 Å². The number of carbonyl (C=O) groups is 4. The number of anilines is 1. The molecule has 2 atom stereocenters. The third kappa shape index (κ3) is 10.1. The zero-order valence-corrected chi connectivity index (χ0v) is 19.7. The number of alkyl halides is 1. The number of carbonyl (C=O) groups excluding carboxylic acids is 4. The van der Waals surface area contributed by atoms with E-state index in [9.17, 15) is 19.2 Å². The zero-order chi connectivity index (χ0) is 24.1. The van der Waals surface area contributed by atoms with E-state index in [1.165, 1.54) is 14.0 Å². The van der Waals surface area contributed by atoms with E-state index in [1.807, 2.05) is 6.07 Å². The first-order valence-corrected chi connectivity index (χ1v) is 10.9. The minimum absolute atomic E-state index is 0.186. The number of nitrogens with one attached hydrogen (secondary N) is 3. The van der Waals surface area contributed by atoms with Gasteiger partial charge in [0.2, 0.25) is 17.7 Å². The molecule has 3 N–H and O–H groups in total. The van der Waals surface area contributed by atoms with Crippen molar-refractivity contribution in [3.05, 3.63) is 29.3 Å². The van der Waals surface area contributed by atoms with Gasteiger partial charge in [0.1, 0.15) is 12.1 Å². The lowest BCUT2D eigenvalue weighted by atomic mass is 10.1. The number of methoxy groups -OCH3 is 2. The first-order chi connectivity index (χ1) is 15.2. The summed E-state index contributed by atoms with van der Waals surface area (Å²) in [6.07, 6.45) is 1.45. The molecule has 0 aliphatic carbocycles. The Bertz CT molecular complexity index is 802. The molecule has 3 amide bonds. The molecule has 0 spiro atoms. The number of rotatable bonds is 13. The van der Waals surface area contributed by atoms with Crippen LogP contribution in [0.5, 0.6) is 0 Å². The lowest BCUT2D eigenvalue weighted by Gasteiger charge is -2.19. The number of benzene rings is 1. The highest BCUT2D eigenvalue weighted by Crippen LogP contribution is 2.18. The minimum atomic E-state index is -0.826. The molecule has 178 valence electrons. The Kier molecular flexibility index (Phi) is 12.3. The molecule has 0 radical (unpaired) electrons. The SMILES string of the molecule is COCc1cc(CCl)cc(NC(=O)[C@H](C)NC(=O)[C@H](C)NC(=O)CCCCC(=O)OC)c1. The standard InChI is InChI=1S/C22H32ClN3O6/c1-14(24-19(27)7-5-6-8-20(28)32-4)21(29)25-15(2)22(30)26-18-10-16(12-23)9-17(11-18)13-31-3/h9-11,14-15H,5-8,12-13H2,1-4H3,(H,24,27)(H,25,29)(H,26,30)/t14-,15-/m0/s1. The average Bonchev–Trinajstić information content (AvgIpc) is 2.76. The summed E-state index contributed by atoms with van der Waals surface area (Å²) in [5.41, 5.74) is 2.24. The van der Waals surface area contributed by atoms with E-state index >= 15 is 0 Å². The Balaban J connectivity index is 2.51. The predicted octanol–water partition coefficient (Wildman–Crippen LogP) is 2.25. The van der Waals surface area contributed by atoms with Crippen LogP contribution in [-0.4, -0.2) is 50.0 Å². The van der Waals surface area contributed by atoms with Gasteiger partial charge in [0.25, 0.3) is 0 Å². The molecule has 1 aromatic carbocycles. The lowest BCUT2D eigenvalue weighted by molar-refractivity contribution is -0.140. The fourth-order valence-corrected chi connectivity index (χ4v) is 3.01. The highest BCUT2D eigenvalue weighted by Gasteiger charge is 2.21. The van der Waals surface area contributed by atoms with Crippen LogP contribution in [0.3, 0.4) is 0 Å². The summed E-state index contributed by atoms with van der Waals surface area (Å²) in [5, 5.41) is 7.93. The quantitative estimate of drug-likeness (QED) is 0.231. The van der Waals surface area contributed by atoms with Gasteiger partial charge in [-0.15, -0.1) is 11.6 Å². The van der Waals surface area contributed by atoms with Crippen LogP contribution < -0.4 is 16.0 Å². The van der Waals surface area contributed by atoms with Crippen molar-refractivity contribution in [2.75, 3.05) is 19.5 Å². The van der Waals surface area contributed by atoms with E-state index in [0.717, 1.165) is 11.1 Å². The van der Waals surface area contributed by atoms with Gasteiger partial charge in [-0.05, 0) is 49.9 Å². The summed E-state index contributed by atoms with van der Waals surface area (Å²) in [6, 6.07) is 3.77. The first-order valence-electron chi connectivity index (χ1n) is 10.3. The van der Waals surface area contributed by atoms with Crippen LogP contribution in [-0.2, 0) is 41.1 Å². The number of unbranched alkanes of at least 4 members (excludes halogenated alkanes) is 1. The maximum atomic E-state index is 12.5. The van der Waals surface area contributed by atoms with Crippen molar-refractivity contribution in [1.82, 2.24) is 10.6 Å². The number of halogens is 1. The average molecular weight is 470 g/mol. The number of amides is 3. The molecule has 0 bridgehead atoms. The molecule has 0 aliphatic rings. The molecule has 10 heteroatoms. The van der Waals surface area contributed by atoms with Crippen LogP contribution in [0.1, 0.15) is 50.7 Å². The van der Waals surface area contributed by atoms with E-state index in [-0.39, 0.29) is 30.6 Å². The highest BCUT2D eigenvalue weighted by molar-refractivity contribution is 6.17. The normalized spacial score (nSPS) is 12.4. The molecule has 0 saturated heterocycles. The second kappa shape index (κ2) is 14.4. The first kappa shape index (κ1) is 27.4. The number of ether oxygens (including phenoxy) is 2. The Morgan fingerprint density at radius 1 is 0.906 bits per heavy atom. The van der Waals surface area contributed by atoms with Gasteiger partial charge in [0.05, 0.1) is 13.7 Å². The van der Waals surface area contributed by atoms with Crippen molar-refractivity contribution in [3.63, 3.8) is 0 Å². The van der Waals surface area contributed by atoms with Gasteiger partial charge in [0.15, 0.2) is 0 Å². The topological polar surface area (TPSA) is 123 Å². The summed E-state index contributed by atoms with van der Waals surface area (Å²) >= 11 is 5.91. The van der Waals surface area contributed by atoms with Crippen LogP contribution in [0.25, 0.3) is 0 Å². The summed E-state index contributed by atoms with van der Waals surface area (Å²) in [4.78, 5) is 47.9. The van der Waals surface area contributed by atoms with Gasteiger partial charge in [-0.3, -0.25) is 19.2 Å². The van der Waals surface area contributed by atoms with E-state index < -0.39 is 23.9 Å². The molecule has 32 heavy (non-hydrogen) atoms. The Hall–Kier alpha value is -2.65. The molecule has 0 aliphatic heterocycles. The number of hydrogen-bond acceptors (Lipinski definition) is 6.